The molecule has 2 rings (SSSR count). The molecule has 0 spiro atoms. The Kier molecular flexibility index (Phi) is 6.89. The summed E-state index contributed by atoms with van der Waals surface area (Å²) < 4.78 is 0. The van der Waals surface area contributed by atoms with E-state index in [1.54, 1.807) is 7.05 Å². The van der Waals surface area contributed by atoms with E-state index in [0.29, 0.717) is 18.5 Å². The quantitative estimate of drug-likeness (QED) is 0.891. The topological polar surface area (TPSA) is 41.1 Å². The second-order valence-electron chi connectivity index (χ2n) is 5.06. The van der Waals surface area contributed by atoms with Crippen molar-refractivity contribution in [3.8, 4) is 0 Å². The monoisotopic (exact) mass is 282 g/mol. The van der Waals surface area contributed by atoms with E-state index in [1.165, 1.54) is 18.4 Å². The number of hydrogen-bond donors (Lipinski definition) is 2. The van der Waals surface area contributed by atoms with Crippen LogP contribution in [0.25, 0.3) is 0 Å². The Labute approximate surface area is 121 Å². The fraction of sp³-hybridized carbons (Fsp3) is 0.533. The molecule has 0 aliphatic heterocycles. The number of likely N-dealkylation sites (N-methyl/N-ethyl adjacent to an activating group) is 1. The molecule has 0 radical (unpaired) electrons. The van der Waals surface area contributed by atoms with Gasteiger partial charge in [-0.1, -0.05) is 30.3 Å². The van der Waals surface area contributed by atoms with Gasteiger partial charge in [0.1, 0.15) is 0 Å². The molecule has 3 nitrogen and oxygen atoms in total. The van der Waals surface area contributed by atoms with E-state index in [2.05, 4.69) is 41.0 Å². The summed E-state index contributed by atoms with van der Waals surface area (Å²) in [7, 11) is 1.80. The molecular formula is C15H23ClN2O. The van der Waals surface area contributed by atoms with Crippen molar-refractivity contribution in [2.75, 3.05) is 13.6 Å². The van der Waals surface area contributed by atoms with Gasteiger partial charge in [-0.3, -0.25) is 4.79 Å². The van der Waals surface area contributed by atoms with Crippen molar-refractivity contribution >= 4 is 18.3 Å². The minimum Gasteiger partial charge on any atom is -0.352 e. The highest BCUT2D eigenvalue weighted by atomic mass is 35.5. The van der Waals surface area contributed by atoms with Gasteiger partial charge in [0.25, 0.3) is 0 Å². The number of nitrogens with one attached hydrogen (secondary N) is 2. The smallest absolute Gasteiger partial charge is 0.234 e. The van der Waals surface area contributed by atoms with Crippen LogP contribution in [0.4, 0.5) is 0 Å². The van der Waals surface area contributed by atoms with Gasteiger partial charge in [0.05, 0.1) is 6.54 Å². The van der Waals surface area contributed by atoms with Crippen LogP contribution >= 0.6 is 12.4 Å². The predicted octanol–water partition coefficient (Wildman–Crippen LogP) is 2.47. The van der Waals surface area contributed by atoms with Gasteiger partial charge in [0.2, 0.25) is 5.91 Å². The van der Waals surface area contributed by atoms with Crippen molar-refractivity contribution in [1.82, 2.24) is 10.6 Å². The molecule has 1 amide bonds. The molecule has 0 atom stereocenters. The van der Waals surface area contributed by atoms with E-state index in [1.807, 2.05) is 0 Å². The van der Waals surface area contributed by atoms with Crippen molar-refractivity contribution in [2.24, 2.45) is 0 Å². The highest BCUT2D eigenvalue weighted by Gasteiger charge is 2.22. The first-order valence-corrected chi connectivity index (χ1v) is 6.78. The first-order chi connectivity index (χ1) is 8.79. The number of rotatable bonds is 4. The van der Waals surface area contributed by atoms with Crippen LogP contribution in [0, 0.1) is 0 Å². The fourth-order valence-electron chi connectivity index (χ4n) is 2.74. The van der Waals surface area contributed by atoms with Crippen LogP contribution in [0.15, 0.2) is 30.3 Å². The summed E-state index contributed by atoms with van der Waals surface area (Å²) >= 11 is 0. The summed E-state index contributed by atoms with van der Waals surface area (Å²) in [6, 6.07) is 11.1. The summed E-state index contributed by atoms with van der Waals surface area (Å²) in [6.45, 7) is 0.415. The van der Waals surface area contributed by atoms with Crippen LogP contribution < -0.4 is 10.6 Å². The van der Waals surface area contributed by atoms with E-state index in [9.17, 15) is 4.79 Å². The zero-order valence-corrected chi connectivity index (χ0v) is 12.2. The Morgan fingerprint density at radius 3 is 2.37 bits per heavy atom. The Bertz CT molecular complexity index is 375. The molecule has 1 aliphatic carbocycles. The Balaban J connectivity index is 0.00000180. The van der Waals surface area contributed by atoms with Gasteiger partial charge < -0.3 is 10.6 Å². The molecule has 0 unspecified atom stereocenters. The third-order valence-corrected chi connectivity index (χ3v) is 3.70. The molecule has 1 fully saturated rings. The molecular weight excluding hydrogens is 260 g/mol. The molecule has 2 N–H and O–H groups in total. The molecule has 0 saturated heterocycles. The predicted molar refractivity (Wildman–Crippen MR) is 80.8 cm³/mol. The number of carbonyl (C=O) groups excluding carboxylic acids is 1. The average molecular weight is 283 g/mol. The van der Waals surface area contributed by atoms with E-state index in [0.717, 1.165) is 12.8 Å². The van der Waals surface area contributed by atoms with Gasteiger partial charge in [-0.15, -0.1) is 12.4 Å². The maximum atomic E-state index is 11.5. The van der Waals surface area contributed by atoms with Crippen LogP contribution in [-0.2, 0) is 4.79 Å². The maximum absolute atomic E-state index is 11.5. The molecule has 0 aromatic heterocycles. The van der Waals surface area contributed by atoms with E-state index in [4.69, 9.17) is 0 Å². The Morgan fingerprint density at radius 1 is 1.16 bits per heavy atom. The van der Waals surface area contributed by atoms with Crippen molar-refractivity contribution in [3.63, 3.8) is 0 Å². The van der Waals surface area contributed by atoms with Gasteiger partial charge in [-0.25, -0.2) is 0 Å². The minimum absolute atomic E-state index is 0. The molecule has 1 aromatic carbocycles. The molecule has 19 heavy (non-hydrogen) atoms. The SMILES string of the molecule is CNCC(=O)NC1CCC(c2ccccc2)CC1.Cl. The van der Waals surface area contributed by atoms with Gasteiger partial charge in [-0.05, 0) is 44.2 Å². The van der Waals surface area contributed by atoms with E-state index >= 15 is 0 Å². The lowest BCUT2D eigenvalue weighted by molar-refractivity contribution is -0.121. The van der Waals surface area contributed by atoms with Gasteiger partial charge in [0.15, 0.2) is 0 Å². The zero-order valence-electron chi connectivity index (χ0n) is 11.4. The van der Waals surface area contributed by atoms with Gasteiger partial charge in [-0.2, -0.15) is 0 Å². The summed E-state index contributed by atoms with van der Waals surface area (Å²) in [5.41, 5.74) is 1.44. The second-order valence-corrected chi connectivity index (χ2v) is 5.06. The average Bonchev–Trinajstić information content (AvgIpc) is 2.41. The third kappa shape index (κ3) is 4.84. The maximum Gasteiger partial charge on any atom is 0.234 e. The molecule has 1 aromatic rings. The van der Waals surface area contributed by atoms with Crippen LogP contribution in [-0.4, -0.2) is 25.5 Å². The Hall–Kier alpha value is -1.06. The summed E-state index contributed by atoms with van der Waals surface area (Å²) in [5.74, 6) is 0.782. The normalized spacial score (nSPS) is 22.4. The Morgan fingerprint density at radius 2 is 1.79 bits per heavy atom. The van der Waals surface area contributed by atoms with Crippen LogP contribution in [0.5, 0.6) is 0 Å². The first-order valence-electron chi connectivity index (χ1n) is 6.78. The van der Waals surface area contributed by atoms with E-state index < -0.39 is 0 Å². The van der Waals surface area contributed by atoms with Gasteiger partial charge in [0, 0.05) is 6.04 Å². The van der Waals surface area contributed by atoms with Crippen molar-refractivity contribution in [2.45, 2.75) is 37.6 Å². The number of benzene rings is 1. The van der Waals surface area contributed by atoms with Crippen LogP contribution in [0.1, 0.15) is 37.2 Å². The first kappa shape index (κ1) is 16.0. The minimum atomic E-state index is 0. The molecule has 0 heterocycles. The molecule has 1 saturated carbocycles. The van der Waals surface area contributed by atoms with Crippen molar-refractivity contribution in [1.29, 1.82) is 0 Å². The highest BCUT2D eigenvalue weighted by molar-refractivity contribution is 5.85. The zero-order chi connectivity index (χ0) is 12.8. The van der Waals surface area contributed by atoms with Gasteiger partial charge >= 0.3 is 0 Å². The molecule has 0 bridgehead atoms. The fourth-order valence-corrected chi connectivity index (χ4v) is 2.74. The second kappa shape index (κ2) is 8.18. The standard InChI is InChI=1S/C15H22N2O.ClH/c1-16-11-15(18)17-14-9-7-13(8-10-14)12-5-3-2-4-6-12;/h2-6,13-14,16H,7-11H2,1H3,(H,17,18);1H. The van der Waals surface area contributed by atoms with Crippen LogP contribution in [0.3, 0.4) is 0 Å². The number of hydrogen-bond acceptors (Lipinski definition) is 2. The summed E-state index contributed by atoms with van der Waals surface area (Å²) in [5, 5.41) is 5.97. The third-order valence-electron chi connectivity index (χ3n) is 3.70. The number of carbonyl (C=O) groups is 1. The van der Waals surface area contributed by atoms with E-state index in [-0.39, 0.29) is 18.3 Å². The lowest BCUT2D eigenvalue weighted by atomic mass is 9.82. The molecule has 106 valence electrons. The molecule has 4 heteroatoms. The lowest BCUT2D eigenvalue weighted by Gasteiger charge is -2.29. The van der Waals surface area contributed by atoms with Crippen LogP contribution in [0.2, 0.25) is 0 Å². The highest BCUT2D eigenvalue weighted by Crippen LogP contribution is 2.32. The van der Waals surface area contributed by atoms with Crippen molar-refractivity contribution in [3.05, 3.63) is 35.9 Å². The summed E-state index contributed by atoms with van der Waals surface area (Å²) in [6.07, 6.45) is 4.53. The lowest BCUT2D eigenvalue weighted by Crippen LogP contribution is -2.41. The number of halogens is 1. The largest absolute Gasteiger partial charge is 0.352 e. The molecule has 1 aliphatic rings. The summed E-state index contributed by atoms with van der Waals surface area (Å²) in [4.78, 5) is 11.5. The van der Waals surface area contributed by atoms with Crippen molar-refractivity contribution < 1.29 is 4.79 Å². The number of amides is 1.